The number of benzene rings is 1. The lowest BCUT2D eigenvalue weighted by molar-refractivity contribution is 0.0142. The number of piperidine rings is 1. The number of nitrogens with zero attached hydrogens (tertiary/aromatic N) is 6. The maximum atomic E-state index is 13.6. The molecule has 0 atom stereocenters. The van der Waals surface area contributed by atoms with Gasteiger partial charge >= 0.3 is 6.09 Å². The SMILES string of the molecule is CC(C)(C)OC(=O)N1CCC(N(C(=O)c2cnc(-c3ccc(C(=O)NCCn4ccc(C5CC5)n4)cc3)nc2)C2CC2)CC1. The minimum atomic E-state index is -0.534. The summed E-state index contributed by atoms with van der Waals surface area (Å²) in [5, 5.41) is 7.53. The van der Waals surface area contributed by atoms with Crippen LogP contribution in [0, 0.1) is 0 Å². The zero-order chi connectivity index (χ0) is 30.8. The Bertz CT molecular complexity index is 1480. The van der Waals surface area contributed by atoms with Crippen molar-refractivity contribution in [1.82, 2.24) is 34.9 Å². The molecule has 3 aliphatic rings. The quantitative estimate of drug-likeness (QED) is 0.380. The smallest absolute Gasteiger partial charge is 0.410 e. The van der Waals surface area contributed by atoms with E-state index >= 15 is 0 Å². The van der Waals surface area contributed by atoms with Gasteiger partial charge in [-0.3, -0.25) is 14.3 Å². The first-order valence-electron chi connectivity index (χ1n) is 15.7. The van der Waals surface area contributed by atoms with Crippen molar-refractivity contribution in [2.24, 2.45) is 0 Å². The van der Waals surface area contributed by atoms with E-state index in [4.69, 9.17) is 4.74 Å². The first-order chi connectivity index (χ1) is 21.1. The van der Waals surface area contributed by atoms with E-state index in [9.17, 15) is 14.4 Å². The second-order valence-corrected chi connectivity index (χ2v) is 13.0. The van der Waals surface area contributed by atoms with Gasteiger partial charge in [0.05, 0.1) is 17.8 Å². The topological polar surface area (TPSA) is 123 Å². The summed E-state index contributed by atoms with van der Waals surface area (Å²) in [7, 11) is 0. The molecule has 6 rings (SSSR count). The summed E-state index contributed by atoms with van der Waals surface area (Å²) in [4.78, 5) is 51.4. The fourth-order valence-electron chi connectivity index (χ4n) is 5.63. The Labute approximate surface area is 258 Å². The van der Waals surface area contributed by atoms with E-state index in [-0.39, 0.29) is 30.0 Å². The van der Waals surface area contributed by atoms with Gasteiger partial charge in [-0.15, -0.1) is 0 Å². The molecule has 1 N–H and O–H groups in total. The number of nitrogens with one attached hydrogen (secondary N) is 1. The van der Waals surface area contributed by atoms with Gasteiger partial charge in [-0.05, 0) is 77.5 Å². The van der Waals surface area contributed by atoms with E-state index in [1.165, 1.54) is 12.8 Å². The molecular weight excluding hydrogens is 558 g/mol. The Morgan fingerprint density at radius 3 is 2.18 bits per heavy atom. The van der Waals surface area contributed by atoms with Gasteiger partial charge in [-0.1, -0.05) is 12.1 Å². The zero-order valence-corrected chi connectivity index (χ0v) is 25.7. The fraction of sp³-hybridized carbons (Fsp3) is 0.515. The highest BCUT2D eigenvalue weighted by Crippen LogP contribution is 2.38. The van der Waals surface area contributed by atoms with Crippen molar-refractivity contribution in [3.8, 4) is 11.4 Å². The second kappa shape index (κ2) is 12.4. The number of hydrogen-bond donors (Lipinski definition) is 1. The van der Waals surface area contributed by atoms with Crippen LogP contribution in [-0.4, -0.2) is 84.8 Å². The maximum Gasteiger partial charge on any atom is 0.410 e. The summed E-state index contributed by atoms with van der Waals surface area (Å²) in [6.07, 6.45) is 10.7. The van der Waals surface area contributed by atoms with Crippen molar-refractivity contribution in [3.05, 3.63) is 65.7 Å². The average Bonchev–Trinajstić information content (AvgIpc) is 3.96. The Kier molecular flexibility index (Phi) is 8.38. The molecule has 1 aromatic carbocycles. The van der Waals surface area contributed by atoms with Crippen LogP contribution in [0.2, 0.25) is 0 Å². The van der Waals surface area contributed by atoms with Gasteiger partial charge in [0.1, 0.15) is 5.60 Å². The number of carbonyl (C=O) groups is 3. The first kappa shape index (κ1) is 29.8. The van der Waals surface area contributed by atoms with E-state index in [2.05, 4.69) is 26.4 Å². The summed E-state index contributed by atoms with van der Waals surface area (Å²) in [6, 6.07) is 9.48. The molecule has 1 aliphatic heterocycles. The van der Waals surface area contributed by atoms with Gasteiger partial charge in [0, 0.05) is 67.4 Å². The molecule has 2 aromatic heterocycles. The largest absolute Gasteiger partial charge is 0.444 e. The molecular formula is C33H41N7O4. The number of carbonyl (C=O) groups excluding carboxylic acids is 3. The summed E-state index contributed by atoms with van der Waals surface area (Å²) in [6.45, 7) is 7.83. The molecule has 3 amide bonds. The fourth-order valence-corrected chi connectivity index (χ4v) is 5.63. The molecule has 3 heterocycles. The number of amides is 3. The molecule has 2 saturated carbocycles. The summed E-state index contributed by atoms with van der Waals surface area (Å²) in [5.74, 6) is 0.887. The molecule has 3 aromatic rings. The van der Waals surface area contributed by atoms with Crippen molar-refractivity contribution < 1.29 is 19.1 Å². The molecule has 1 saturated heterocycles. The summed E-state index contributed by atoms with van der Waals surface area (Å²) >= 11 is 0. The van der Waals surface area contributed by atoms with Gasteiger partial charge in [0.25, 0.3) is 11.8 Å². The van der Waals surface area contributed by atoms with E-state index in [0.717, 1.165) is 24.1 Å². The van der Waals surface area contributed by atoms with Gasteiger partial charge in [0.15, 0.2) is 5.82 Å². The number of rotatable bonds is 9. The Hall–Kier alpha value is -4.28. The van der Waals surface area contributed by atoms with E-state index in [1.807, 2.05) is 48.7 Å². The van der Waals surface area contributed by atoms with Crippen molar-refractivity contribution in [2.75, 3.05) is 19.6 Å². The summed E-state index contributed by atoms with van der Waals surface area (Å²) < 4.78 is 7.40. The van der Waals surface area contributed by atoms with Crippen LogP contribution in [-0.2, 0) is 11.3 Å². The Balaban J connectivity index is 1.02. The van der Waals surface area contributed by atoms with Gasteiger partial charge in [-0.25, -0.2) is 14.8 Å². The minimum absolute atomic E-state index is 0.0619. The number of ether oxygens (including phenoxy) is 1. The van der Waals surface area contributed by atoms with Gasteiger partial charge in [-0.2, -0.15) is 5.10 Å². The highest BCUT2D eigenvalue weighted by molar-refractivity contribution is 5.95. The second-order valence-electron chi connectivity index (χ2n) is 13.0. The van der Waals surface area contributed by atoms with Crippen LogP contribution < -0.4 is 5.32 Å². The molecule has 0 spiro atoms. The monoisotopic (exact) mass is 599 g/mol. The lowest BCUT2D eigenvalue weighted by Crippen LogP contribution is -2.50. The van der Waals surface area contributed by atoms with Crippen LogP contribution in [0.15, 0.2) is 48.9 Å². The first-order valence-corrected chi connectivity index (χ1v) is 15.7. The van der Waals surface area contributed by atoms with Crippen molar-refractivity contribution in [3.63, 3.8) is 0 Å². The Morgan fingerprint density at radius 1 is 0.909 bits per heavy atom. The van der Waals surface area contributed by atoms with Crippen LogP contribution in [0.1, 0.15) is 91.6 Å². The Morgan fingerprint density at radius 2 is 1.57 bits per heavy atom. The lowest BCUT2D eigenvalue weighted by Gasteiger charge is -2.39. The van der Waals surface area contributed by atoms with E-state index < -0.39 is 5.60 Å². The third-order valence-corrected chi connectivity index (χ3v) is 8.27. The predicted molar refractivity (Wildman–Crippen MR) is 164 cm³/mol. The molecule has 232 valence electrons. The average molecular weight is 600 g/mol. The summed E-state index contributed by atoms with van der Waals surface area (Å²) in [5.41, 5.74) is 2.38. The highest BCUT2D eigenvalue weighted by atomic mass is 16.6. The van der Waals surface area contributed by atoms with Gasteiger partial charge < -0.3 is 19.9 Å². The van der Waals surface area contributed by atoms with Crippen molar-refractivity contribution >= 4 is 17.9 Å². The molecule has 3 fully saturated rings. The van der Waals surface area contributed by atoms with Crippen LogP contribution in [0.4, 0.5) is 4.79 Å². The zero-order valence-electron chi connectivity index (χ0n) is 25.7. The molecule has 11 heteroatoms. The number of aromatic nitrogens is 4. The van der Waals surface area contributed by atoms with Crippen LogP contribution in [0.3, 0.4) is 0 Å². The maximum absolute atomic E-state index is 13.6. The third-order valence-electron chi connectivity index (χ3n) is 8.27. The van der Waals surface area contributed by atoms with Crippen LogP contribution in [0.5, 0.6) is 0 Å². The van der Waals surface area contributed by atoms with E-state index in [1.54, 1.807) is 29.4 Å². The molecule has 0 radical (unpaired) electrons. The molecule has 0 bridgehead atoms. The van der Waals surface area contributed by atoms with Crippen molar-refractivity contribution in [2.45, 2.75) is 89.4 Å². The van der Waals surface area contributed by atoms with Crippen molar-refractivity contribution in [1.29, 1.82) is 0 Å². The number of hydrogen-bond acceptors (Lipinski definition) is 7. The minimum Gasteiger partial charge on any atom is -0.444 e. The molecule has 44 heavy (non-hydrogen) atoms. The highest BCUT2D eigenvalue weighted by Gasteiger charge is 2.40. The van der Waals surface area contributed by atoms with Gasteiger partial charge in [0.2, 0.25) is 0 Å². The van der Waals surface area contributed by atoms with Crippen LogP contribution >= 0.6 is 0 Å². The lowest BCUT2D eigenvalue weighted by atomic mass is 10.0. The number of likely N-dealkylation sites (tertiary alicyclic amines) is 1. The molecule has 11 nitrogen and oxygen atoms in total. The van der Waals surface area contributed by atoms with Crippen LogP contribution in [0.25, 0.3) is 11.4 Å². The van der Waals surface area contributed by atoms with E-state index in [0.29, 0.717) is 61.9 Å². The predicted octanol–water partition coefficient (Wildman–Crippen LogP) is 4.65. The molecule has 0 unspecified atom stereocenters. The third kappa shape index (κ3) is 7.26. The standard InChI is InChI=1S/C33H41N7O4/c1-33(2,3)44-32(43)38-16-12-27(13-17-38)40(26-10-11-26)31(42)25-20-35-29(36-21-25)23-6-8-24(9-7-23)30(41)34-15-19-39-18-14-28(37-39)22-4-5-22/h6-9,14,18,20-22,26-27H,4-5,10-13,15-17,19H2,1-3H3,(H,34,41). The normalized spacial score (nSPS) is 17.3. The molecule has 2 aliphatic carbocycles.